The van der Waals surface area contributed by atoms with E-state index in [2.05, 4.69) is 4.84 Å². The summed E-state index contributed by atoms with van der Waals surface area (Å²) in [6.07, 6.45) is -4.64. The molecule has 3 rings (SSSR count). The second-order valence-electron chi connectivity index (χ2n) is 4.50. The van der Waals surface area contributed by atoms with Crippen molar-refractivity contribution in [3.8, 4) is 0 Å². The molecular weight excluding hydrogens is 287 g/mol. The monoisotopic (exact) mass is 295 g/mol. The van der Waals surface area contributed by atoms with Crippen LogP contribution in [0.4, 0.5) is 13.2 Å². The van der Waals surface area contributed by atoms with Gasteiger partial charge in [0.05, 0.1) is 11.1 Å². The first kappa shape index (κ1) is 13.6. The summed E-state index contributed by atoms with van der Waals surface area (Å²) in [5.74, 6) is -1.79. The summed E-state index contributed by atoms with van der Waals surface area (Å²) in [4.78, 5) is 28.7. The number of hydrogen-bond donors (Lipinski definition) is 0. The van der Waals surface area contributed by atoms with Crippen LogP contribution in [0.1, 0.15) is 20.7 Å². The Kier molecular flexibility index (Phi) is 2.94. The van der Waals surface area contributed by atoms with E-state index < -0.39 is 24.6 Å². The summed E-state index contributed by atoms with van der Waals surface area (Å²) in [5.41, 5.74) is 0.287. The molecule has 4 nitrogen and oxygen atoms in total. The van der Waals surface area contributed by atoms with Crippen LogP contribution in [0.15, 0.2) is 36.4 Å². The van der Waals surface area contributed by atoms with E-state index in [1.54, 1.807) is 24.3 Å². The van der Waals surface area contributed by atoms with Crippen molar-refractivity contribution in [2.75, 3.05) is 6.61 Å². The van der Waals surface area contributed by atoms with Crippen LogP contribution in [0.25, 0.3) is 10.8 Å². The van der Waals surface area contributed by atoms with Gasteiger partial charge in [-0.15, -0.1) is 5.06 Å². The summed E-state index contributed by atoms with van der Waals surface area (Å²) in [6.45, 7) is -1.71. The number of halogens is 3. The highest BCUT2D eigenvalue weighted by molar-refractivity contribution is 6.24. The van der Waals surface area contributed by atoms with Gasteiger partial charge < -0.3 is 0 Å². The van der Waals surface area contributed by atoms with Crippen molar-refractivity contribution in [3.63, 3.8) is 0 Å². The van der Waals surface area contributed by atoms with E-state index in [9.17, 15) is 22.8 Å². The van der Waals surface area contributed by atoms with Gasteiger partial charge in [-0.3, -0.25) is 14.4 Å². The number of carbonyl (C=O) groups is 2. The molecule has 108 valence electrons. The standard InChI is InChI=1S/C14H8F3NO3/c15-14(16,17)7-21-18-12(19)9-5-1-3-8-4-2-6-10(11(8)9)13(18)20/h1-6H,7H2. The Hall–Kier alpha value is -2.41. The zero-order chi connectivity index (χ0) is 15.2. The highest BCUT2D eigenvalue weighted by Gasteiger charge is 2.37. The lowest BCUT2D eigenvalue weighted by Crippen LogP contribution is -2.42. The minimum atomic E-state index is -4.64. The Balaban J connectivity index is 2.07. The van der Waals surface area contributed by atoms with Crippen molar-refractivity contribution >= 4 is 22.6 Å². The Bertz CT molecular complexity index is 704. The highest BCUT2D eigenvalue weighted by atomic mass is 19.4. The predicted octanol–water partition coefficient (Wildman–Crippen LogP) is 2.93. The summed E-state index contributed by atoms with van der Waals surface area (Å²) in [7, 11) is 0. The van der Waals surface area contributed by atoms with Crippen LogP contribution in [-0.2, 0) is 4.84 Å². The van der Waals surface area contributed by atoms with Crippen LogP contribution in [0, 0.1) is 0 Å². The molecule has 0 fully saturated rings. The molecule has 0 aromatic heterocycles. The fourth-order valence-electron chi connectivity index (χ4n) is 2.26. The average Bonchev–Trinajstić information content (AvgIpc) is 2.43. The maximum absolute atomic E-state index is 12.2. The zero-order valence-electron chi connectivity index (χ0n) is 10.5. The lowest BCUT2D eigenvalue weighted by Gasteiger charge is -2.26. The minimum Gasteiger partial charge on any atom is -0.266 e. The van der Waals surface area contributed by atoms with Crippen LogP contribution >= 0.6 is 0 Å². The van der Waals surface area contributed by atoms with Crippen LogP contribution in [0.5, 0.6) is 0 Å². The van der Waals surface area contributed by atoms with Gasteiger partial charge >= 0.3 is 6.18 Å². The first-order valence-corrected chi connectivity index (χ1v) is 5.99. The van der Waals surface area contributed by atoms with E-state index in [1.807, 2.05) is 0 Å². The van der Waals surface area contributed by atoms with Gasteiger partial charge in [0, 0.05) is 5.39 Å². The van der Waals surface area contributed by atoms with E-state index in [0.29, 0.717) is 10.8 Å². The van der Waals surface area contributed by atoms with E-state index in [0.717, 1.165) is 0 Å². The molecule has 0 saturated carbocycles. The molecule has 21 heavy (non-hydrogen) atoms. The van der Waals surface area contributed by atoms with Crippen molar-refractivity contribution in [2.24, 2.45) is 0 Å². The molecule has 0 spiro atoms. The quantitative estimate of drug-likeness (QED) is 0.800. The second kappa shape index (κ2) is 4.56. The lowest BCUT2D eigenvalue weighted by atomic mass is 9.95. The molecular formula is C14H8F3NO3. The summed E-state index contributed by atoms with van der Waals surface area (Å²) >= 11 is 0. The molecule has 2 aromatic carbocycles. The number of rotatable bonds is 2. The second-order valence-corrected chi connectivity index (χ2v) is 4.50. The summed E-state index contributed by atoms with van der Waals surface area (Å²) < 4.78 is 36.6. The molecule has 2 amide bonds. The molecule has 7 heteroatoms. The van der Waals surface area contributed by atoms with Gasteiger partial charge in [-0.25, -0.2) is 0 Å². The molecule has 0 aliphatic carbocycles. The van der Waals surface area contributed by atoms with Crippen LogP contribution in [0.2, 0.25) is 0 Å². The molecule has 0 N–H and O–H groups in total. The molecule has 1 heterocycles. The van der Waals surface area contributed by atoms with Gasteiger partial charge in [0.1, 0.15) is 0 Å². The van der Waals surface area contributed by atoms with Crippen molar-refractivity contribution in [3.05, 3.63) is 47.5 Å². The molecule has 0 bridgehead atoms. The van der Waals surface area contributed by atoms with Crippen LogP contribution in [0.3, 0.4) is 0 Å². The first-order chi connectivity index (χ1) is 9.88. The number of hydroxylamine groups is 2. The smallest absolute Gasteiger partial charge is 0.266 e. The summed E-state index contributed by atoms with van der Waals surface area (Å²) in [6, 6.07) is 9.52. The lowest BCUT2D eigenvalue weighted by molar-refractivity contribution is -0.219. The van der Waals surface area contributed by atoms with Gasteiger partial charge in [0.15, 0.2) is 6.61 Å². The third-order valence-electron chi connectivity index (χ3n) is 3.09. The molecule has 0 atom stereocenters. The maximum Gasteiger partial charge on any atom is 0.414 e. The van der Waals surface area contributed by atoms with Crippen molar-refractivity contribution in [1.29, 1.82) is 0 Å². The zero-order valence-corrected chi connectivity index (χ0v) is 10.5. The molecule has 2 aromatic rings. The third-order valence-corrected chi connectivity index (χ3v) is 3.09. The van der Waals surface area contributed by atoms with Crippen LogP contribution in [-0.4, -0.2) is 29.7 Å². The number of alkyl halides is 3. The average molecular weight is 295 g/mol. The van der Waals surface area contributed by atoms with Crippen molar-refractivity contribution < 1.29 is 27.6 Å². The van der Waals surface area contributed by atoms with Crippen molar-refractivity contribution in [2.45, 2.75) is 6.18 Å². The fourth-order valence-corrected chi connectivity index (χ4v) is 2.26. The highest BCUT2D eigenvalue weighted by Crippen LogP contribution is 2.30. The number of benzene rings is 2. The Morgan fingerprint density at radius 3 is 1.95 bits per heavy atom. The number of carbonyl (C=O) groups excluding carboxylic acids is 2. The summed E-state index contributed by atoms with van der Waals surface area (Å²) in [5, 5.41) is 1.27. The number of hydrogen-bond acceptors (Lipinski definition) is 3. The molecule has 0 saturated heterocycles. The van der Waals surface area contributed by atoms with Crippen molar-refractivity contribution in [1.82, 2.24) is 5.06 Å². The number of amides is 2. The van der Waals surface area contributed by atoms with E-state index in [-0.39, 0.29) is 16.2 Å². The number of imide groups is 1. The van der Waals surface area contributed by atoms with Gasteiger partial charge in [-0.05, 0) is 17.5 Å². The SMILES string of the molecule is O=C1c2cccc3cccc(c23)C(=O)N1OCC(F)(F)F. The van der Waals surface area contributed by atoms with Gasteiger partial charge in [0.25, 0.3) is 11.8 Å². The van der Waals surface area contributed by atoms with Crippen LogP contribution < -0.4 is 0 Å². The largest absolute Gasteiger partial charge is 0.414 e. The number of nitrogens with zero attached hydrogens (tertiary/aromatic N) is 1. The Morgan fingerprint density at radius 1 is 0.952 bits per heavy atom. The Morgan fingerprint density at radius 2 is 1.48 bits per heavy atom. The third kappa shape index (κ3) is 2.25. The minimum absolute atomic E-state index is 0.143. The van der Waals surface area contributed by atoms with E-state index in [4.69, 9.17) is 0 Å². The maximum atomic E-state index is 12.2. The molecule has 0 unspecified atom stereocenters. The predicted molar refractivity (Wildman–Crippen MR) is 66.5 cm³/mol. The Labute approximate surface area is 116 Å². The van der Waals surface area contributed by atoms with E-state index >= 15 is 0 Å². The van der Waals surface area contributed by atoms with Gasteiger partial charge in [-0.1, -0.05) is 24.3 Å². The normalized spacial score (nSPS) is 14.9. The molecule has 1 aliphatic heterocycles. The van der Waals surface area contributed by atoms with E-state index in [1.165, 1.54) is 12.1 Å². The van der Waals surface area contributed by atoms with Gasteiger partial charge in [0.2, 0.25) is 0 Å². The van der Waals surface area contributed by atoms with Gasteiger partial charge in [-0.2, -0.15) is 13.2 Å². The topological polar surface area (TPSA) is 46.6 Å². The molecule has 1 aliphatic rings. The first-order valence-electron chi connectivity index (χ1n) is 5.99. The molecule has 0 radical (unpaired) electrons. The fraction of sp³-hybridized carbons (Fsp3) is 0.143.